The van der Waals surface area contributed by atoms with Crippen molar-refractivity contribution in [1.82, 2.24) is 10.8 Å². The molecule has 144 valence electrons. The number of carbonyl (C=O) groups is 3. The molecule has 0 heterocycles. The van der Waals surface area contributed by atoms with E-state index in [9.17, 15) is 19.5 Å². The third kappa shape index (κ3) is 6.15. The molecule has 0 aromatic heterocycles. The first-order valence-corrected chi connectivity index (χ1v) is 8.73. The molecule has 0 bridgehead atoms. The van der Waals surface area contributed by atoms with Crippen molar-refractivity contribution in [2.75, 3.05) is 0 Å². The SMILES string of the molecule is CC(C)C[C@H](NC(=O)C(C)(CCCc1ccccc1)C(=O)NO)C(=O)O. The second-order valence-corrected chi connectivity index (χ2v) is 7.11. The Morgan fingerprint density at radius 3 is 2.23 bits per heavy atom. The van der Waals surface area contributed by atoms with Gasteiger partial charge in [0.15, 0.2) is 0 Å². The number of carboxylic acids is 1. The Labute approximate surface area is 153 Å². The first-order chi connectivity index (χ1) is 12.2. The van der Waals surface area contributed by atoms with Crippen molar-refractivity contribution in [3.63, 3.8) is 0 Å². The average molecular weight is 364 g/mol. The summed E-state index contributed by atoms with van der Waals surface area (Å²) < 4.78 is 0. The second kappa shape index (κ2) is 9.91. The molecule has 0 spiro atoms. The first-order valence-electron chi connectivity index (χ1n) is 8.73. The quantitative estimate of drug-likeness (QED) is 0.288. The van der Waals surface area contributed by atoms with Gasteiger partial charge in [0.2, 0.25) is 5.91 Å². The van der Waals surface area contributed by atoms with Crippen molar-refractivity contribution < 1.29 is 24.7 Å². The van der Waals surface area contributed by atoms with E-state index in [1.807, 2.05) is 44.2 Å². The third-order valence-corrected chi connectivity index (χ3v) is 4.40. The van der Waals surface area contributed by atoms with Crippen LogP contribution in [0.2, 0.25) is 0 Å². The molecule has 0 saturated carbocycles. The number of carbonyl (C=O) groups excluding carboxylic acids is 2. The molecule has 1 aromatic carbocycles. The van der Waals surface area contributed by atoms with E-state index in [-0.39, 0.29) is 18.8 Å². The van der Waals surface area contributed by atoms with E-state index in [1.54, 1.807) is 0 Å². The van der Waals surface area contributed by atoms with Crippen LogP contribution in [-0.4, -0.2) is 34.1 Å². The van der Waals surface area contributed by atoms with E-state index in [0.29, 0.717) is 12.8 Å². The summed E-state index contributed by atoms with van der Waals surface area (Å²) in [5.41, 5.74) is 1.04. The highest BCUT2D eigenvalue weighted by Crippen LogP contribution is 2.26. The Balaban J connectivity index is 2.83. The zero-order chi connectivity index (χ0) is 19.7. The van der Waals surface area contributed by atoms with Gasteiger partial charge in [-0.25, -0.2) is 10.3 Å². The van der Waals surface area contributed by atoms with E-state index >= 15 is 0 Å². The normalized spacial score (nSPS) is 14.3. The number of hydroxylamine groups is 1. The maximum absolute atomic E-state index is 12.7. The molecule has 2 amide bonds. The van der Waals surface area contributed by atoms with Crippen LogP contribution in [0, 0.1) is 11.3 Å². The Bertz CT molecular complexity index is 618. The minimum Gasteiger partial charge on any atom is -0.480 e. The summed E-state index contributed by atoms with van der Waals surface area (Å²) in [5.74, 6) is -2.64. The van der Waals surface area contributed by atoms with Crippen LogP contribution in [0.15, 0.2) is 30.3 Å². The zero-order valence-electron chi connectivity index (χ0n) is 15.5. The summed E-state index contributed by atoms with van der Waals surface area (Å²) in [7, 11) is 0. The van der Waals surface area contributed by atoms with Crippen molar-refractivity contribution >= 4 is 17.8 Å². The lowest BCUT2D eigenvalue weighted by molar-refractivity contribution is -0.152. The van der Waals surface area contributed by atoms with Gasteiger partial charge in [-0.15, -0.1) is 0 Å². The van der Waals surface area contributed by atoms with Crippen molar-refractivity contribution in [3.05, 3.63) is 35.9 Å². The predicted molar refractivity (Wildman–Crippen MR) is 96.4 cm³/mol. The molecule has 1 aromatic rings. The molecular weight excluding hydrogens is 336 g/mol. The molecule has 1 rings (SSSR count). The van der Waals surface area contributed by atoms with E-state index in [2.05, 4.69) is 5.32 Å². The summed E-state index contributed by atoms with van der Waals surface area (Å²) in [4.78, 5) is 36.2. The Morgan fingerprint density at radius 1 is 1.12 bits per heavy atom. The second-order valence-electron chi connectivity index (χ2n) is 7.11. The van der Waals surface area contributed by atoms with Gasteiger partial charge in [0.1, 0.15) is 11.5 Å². The van der Waals surface area contributed by atoms with Crippen LogP contribution < -0.4 is 10.8 Å². The standard InChI is InChI=1S/C19H28N2O5/c1-13(2)12-15(16(22)23)20-17(24)19(3,18(25)21-26)11-7-10-14-8-5-4-6-9-14/h4-6,8-9,13,15,26H,7,10-12H2,1-3H3,(H,20,24)(H,21,25)(H,22,23)/t15-,19?/m0/s1. The number of hydrogen-bond acceptors (Lipinski definition) is 4. The van der Waals surface area contributed by atoms with Gasteiger partial charge in [-0.3, -0.25) is 14.8 Å². The van der Waals surface area contributed by atoms with Crippen LogP contribution >= 0.6 is 0 Å². The fourth-order valence-corrected chi connectivity index (χ4v) is 2.75. The largest absolute Gasteiger partial charge is 0.480 e. The molecule has 4 N–H and O–H groups in total. The van der Waals surface area contributed by atoms with Gasteiger partial charge < -0.3 is 10.4 Å². The number of benzene rings is 1. The van der Waals surface area contributed by atoms with Crippen molar-refractivity contribution in [3.8, 4) is 0 Å². The molecule has 0 aliphatic heterocycles. The van der Waals surface area contributed by atoms with E-state index < -0.39 is 29.2 Å². The van der Waals surface area contributed by atoms with E-state index in [4.69, 9.17) is 5.21 Å². The van der Waals surface area contributed by atoms with Crippen LogP contribution in [-0.2, 0) is 20.8 Å². The van der Waals surface area contributed by atoms with Gasteiger partial charge in [-0.05, 0) is 44.1 Å². The maximum atomic E-state index is 12.7. The molecular formula is C19H28N2O5. The van der Waals surface area contributed by atoms with Crippen molar-refractivity contribution in [1.29, 1.82) is 0 Å². The lowest BCUT2D eigenvalue weighted by Gasteiger charge is -2.28. The zero-order valence-corrected chi connectivity index (χ0v) is 15.5. The number of amides is 2. The Morgan fingerprint density at radius 2 is 1.73 bits per heavy atom. The number of aryl methyl sites for hydroxylation is 1. The molecule has 0 aliphatic carbocycles. The fourth-order valence-electron chi connectivity index (χ4n) is 2.75. The molecule has 0 fully saturated rings. The lowest BCUT2D eigenvalue weighted by Crippen LogP contribution is -2.53. The van der Waals surface area contributed by atoms with Crippen molar-refractivity contribution in [2.45, 2.75) is 52.5 Å². The molecule has 7 heteroatoms. The maximum Gasteiger partial charge on any atom is 0.326 e. The average Bonchev–Trinajstić information content (AvgIpc) is 2.60. The minimum absolute atomic E-state index is 0.0624. The molecule has 7 nitrogen and oxygen atoms in total. The van der Waals surface area contributed by atoms with Gasteiger partial charge in [0.25, 0.3) is 5.91 Å². The highest BCUT2D eigenvalue weighted by Gasteiger charge is 2.42. The summed E-state index contributed by atoms with van der Waals surface area (Å²) in [5, 5.41) is 20.8. The Hall–Kier alpha value is -2.41. The van der Waals surface area contributed by atoms with Gasteiger partial charge in [-0.1, -0.05) is 44.2 Å². The molecule has 0 radical (unpaired) electrons. The Kier molecular flexibility index (Phi) is 8.25. The number of rotatable bonds is 10. The van der Waals surface area contributed by atoms with Gasteiger partial charge in [0, 0.05) is 0 Å². The highest BCUT2D eigenvalue weighted by atomic mass is 16.5. The summed E-state index contributed by atoms with van der Waals surface area (Å²) in [6.07, 6.45) is 1.62. The predicted octanol–water partition coefficient (Wildman–Crippen LogP) is 2.14. The molecule has 2 atom stereocenters. The summed E-state index contributed by atoms with van der Waals surface area (Å²) in [6.45, 7) is 5.11. The number of carboxylic acid groups (broad SMARTS) is 1. The minimum atomic E-state index is -1.56. The smallest absolute Gasteiger partial charge is 0.326 e. The highest BCUT2D eigenvalue weighted by molar-refractivity contribution is 6.05. The van der Waals surface area contributed by atoms with Gasteiger partial charge in [0.05, 0.1) is 0 Å². The topological polar surface area (TPSA) is 116 Å². The fraction of sp³-hybridized carbons (Fsp3) is 0.526. The first kappa shape index (κ1) is 21.6. The van der Waals surface area contributed by atoms with Crippen LogP contribution in [0.25, 0.3) is 0 Å². The van der Waals surface area contributed by atoms with Gasteiger partial charge in [-0.2, -0.15) is 0 Å². The number of nitrogens with one attached hydrogen (secondary N) is 2. The molecule has 1 unspecified atom stereocenters. The lowest BCUT2D eigenvalue weighted by atomic mass is 9.82. The van der Waals surface area contributed by atoms with E-state index in [0.717, 1.165) is 5.56 Å². The number of aliphatic carboxylic acids is 1. The van der Waals surface area contributed by atoms with Crippen LogP contribution in [0.3, 0.4) is 0 Å². The van der Waals surface area contributed by atoms with E-state index in [1.165, 1.54) is 12.4 Å². The molecule has 0 aliphatic rings. The van der Waals surface area contributed by atoms with Crippen LogP contribution in [0.5, 0.6) is 0 Å². The third-order valence-electron chi connectivity index (χ3n) is 4.40. The van der Waals surface area contributed by atoms with Crippen molar-refractivity contribution in [2.24, 2.45) is 11.3 Å². The van der Waals surface area contributed by atoms with Gasteiger partial charge >= 0.3 is 5.97 Å². The van der Waals surface area contributed by atoms with Crippen LogP contribution in [0.1, 0.15) is 45.6 Å². The monoisotopic (exact) mass is 364 g/mol. The summed E-state index contributed by atoms with van der Waals surface area (Å²) in [6, 6.07) is 8.54. The number of hydrogen-bond donors (Lipinski definition) is 4. The van der Waals surface area contributed by atoms with Crippen LogP contribution in [0.4, 0.5) is 0 Å². The summed E-state index contributed by atoms with van der Waals surface area (Å²) >= 11 is 0. The molecule has 26 heavy (non-hydrogen) atoms. The molecule has 0 saturated heterocycles.